The van der Waals surface area contributed by atoms with Gasteiger partial charge in [-0.2, -0.15) is 0 Å². The Bertz CT molecular complexity index is 673. The predicted octanol–water partition coefficient (Wildman–Crippen LogP) is 3.03. The van der Waals surface area contributed by atoms with E-state index in [0.717, 1.165) is 36.3 Å². The normalized spacial score (nSPS) is 15.1. The molecule has 2 aromatic carbocycles. The molecular weight excluding hydrogens is 310 g/mol. The number of amides is 1. The molecule has 0 aromatic heterocycles. The molecule has 3 N–H and O–H groups in total. The molecule has 0 bridgehead atoms. The summed E-state index contributed by atoms with van der Waals surface area (Å²) in [5.41, 5.74) is 9.70. The van der Waals surface area contributed by atoms with Crippen LogP contribution >= 0.6 is 0 Å². The van der Waals surface area contributed by atoms with Gasteiger partial charge in [-0.1, -0.05) is 42.8 Å². The molecule has 1 fully saturated rings. The van der Waals surface area contributed by atoms with E-state index >= 15 is 0 Å². The van der Waals surface area contributed by atoms with Crippen LogP contribution in [0.2, 0.25) is 0 Å². The van der Waals surface area contributed by atoms with Crippen LogP contribution in [0.1, 0.15) is 35.2 Å². The highest BCUT2D eigenvalue weighted by atomic mass is 16.1. The van der Waals surface area contributed by atoms with Gasteiger partial charge in [0.15, 0.2) is 0 Å². The van der Waals surface area contributed by atoms with Crippen molar-refractivity contribution in [3.05, 3.63) is 59.7 Å². The lowest BCUT2D eigenvalue weighted by Gasteiger charge is -2.26. The fourth-order valence-corrected chi connectivity index (χ4v) is 3.26. The Kier molecular flexibility index (Phi) is 6.20. The molecule has 0 saturated carbocycles. The van der Waals surface area contributed by atoms with Gasteiger partial charge in [-0.3, -0.25) is 4.79 Å². The van der Waals surface area contributed by atoms with Gasteiger partial charge in [0.05, 0.1) is 0 Å². The largest absolute Gasteiger partial charge is 0.351 e. The van der Waals surface area contributed by atoms with Gasteiger partial charge in [0.1, 0.15) is 0 Å². The molecule has 0 atom stereocenters. The van der Waals surface area contributed by atoms with Crippen molar-refractivity contribution in [3.8, 4) is 11.1 Å². The van der Waals surface area contributed by atoms with Crippen molar-refractivity contribution >= 4 is 5.91 Å². The summed E-state index contributed by atoms with van der Waals surface area (Å²) in [5.74, 6) is 0.00189. The van der Waals surface area contributed by atoms with Gasteiger partial charge in [-0.25, -0.2) is 0 Å². The fraction of sp³-hybridized carbons (Fsp3) is 0.381. The van der Waals surface area contributed by atoms with Gasteiger partial charge in [-0.15, -0.1) is 0 Å². The molecule has 1 aliphatic rings. The molecule has 0 spiro atoms. The summed E-state index contributed by atoms with van der Waals surface area (Å²) >= 11 is 0. The SMILES string of the molecule is NCc1ccc(-c2ccc(C(=O)NCCN3CCCCC3)cc2)cc1. The average Bonchev–Trinajstić information content (AvgIpc) is 2.69. The van der Waals surface area contributed by atoms with Crippen LogP contribution in [0.4, 0.5) is 0 Å². The number of hydrogen-bond acceptors (Lipinski definition) is 3. The summed E-state index contributed by atoms with van der Waals surface area (Å²) < 4.78 is 0. The zero-order valence-electron chi connectivity index (χ0n) is 14.7. The van der Waals surface area contributed by atoms with Crippen LogP contribution in [0.15, 0.2) is 48.5 Å². The Labute approximate surface area is 150 Å². The van der Waals surface area contributed by atoms with Crippen LogP contribution < -0.4 is 11.1 Å². The van der Waals surface area contributed by atoms with Crippen LogP contribution in [0, 0.1) is 0 Å². The predicted molar refractivity (Wildman–Crippen MR) is 102 cm³/mol. The maximum Gasteiger partial charge on any atom is 0.251 e. The van der Waals surface area contributed by atoms with Crippen molar-refractivity contribution in [2.45, 2.75) is 25.8 Å². The number of carbonyl (C=O) groups excluding carboxylic acids is 1. The van der Waals surface area contributed by atoms with E-state index in [1.807, 2.05) is 36.4 Å². The number of likely N-dealkylation sites (tertiary alicyclic amines) is 1. The van der Waals surface area contributed by atoms with Gasteiger partial charge in [0.2, 0.25) is 0 Å². The highest BCUT2D eigenvalue weighted by Crippen LogP contribution is 2.20. The number of nitrogens with one attached hydrogen (secondary N) is 1. The van der Waals surface area contributed by atoms with Crippen molar-refractivity contribution < 1.29 is 4.79 Å². The summed E-state index contributed by atoms with van der Waals surface area (Å²) in [6.45, 7) is 4.52. The average molecular weight is 337 g/mol. The molecule has 1 saturated heterocycles. The first-order valence-electron chi connectivity index (χ1n) is 9.16. The molecule has 2 aromatic rings. The van der Waals surface area contributed by atoms with Crippen molar-refractivity contribution in [1.82, 2.24) is 10.2 Å². The van der Waals surface area contributed by atoms with Crippen molar-refractivity contribution in [2.24, 2.45) is 5.73 Å². The summed E-state index contributed by atoms with van der Waals surface area (Å²) in [4.78, 5) is 14.7. The number of benzene rings is 2. The molecule has 4 nitrogen and oxygen atoms in total. The van der Waals surface area contributed by atoms with Gasteiger partial charge < -0.3 is 16.0 Å². The van der Waals surface area contributed by atoms with Crippen LogP contribution in [-0.2, 0) is 6.54 Å². The summed E-state index contributed by atoms with van der Waals surface area (Å²) in [6.07, 6.45) is 3.90. The zero-order valence-corrected chi connectivity index (χ0v) is 14.7. The Hall–Kier alpha value is -2.17. The first kappa shape index (κ1) is 17.6. The number of hydrogen-bond donors (Lipinski definition) is 2. The van der Waals surface area contributed by atoms with E-state index in [-0.39, 0.29) is 5.91 Å². The molecule has 132 valence electrons. The highest BCUT2D eigenvalue weighted by Gasteiger charge is 2.10. The molecule has 3 rings (SSSR count). The van der Waals surface area contributed by atoms with E-state index in [1.54, 1.807) is 0 Å². The first-order chi connectivity index (χ1) is 12.3. The second-order valence-electron chi connectivity index (χ2n) is 6.64. The minimum Gasteiger partial charge on any atom is -0.351 e. The van der Waals surface area contributed by atoms with Gasteiger partial charge in [0, 0.05) is 25.2 Å². The summed E-state index contributed by atoms with van der Waals surface area (Å²) in [7, 11) is 0. The quantitative estimate of drug-likeness (QED) is 0.852. The Balaban J connectivity index is 1.52. The van der Waals surface area contributed by atoms with Crippen LogP contribution in [0.5, 0.6) is 0 Å². The number of nitrogens with two attached hydrogens (primary N) is 1. The van der Waals surface area contributed by atoms with Crippen LogP contribution in [-0.4, -0.2) is 37.0 Å². The maximum atomic E-state index is 12.3. The minimum absolute atomic E-state index is 0.00189. The number of carbonyl (C=O) groups is 1. The molecule has 4 heteroatoms. The zero-order chi connectivity index (χ0) is 17.5. The van der Waals surface area contributed by atoms with Gasteiger partial charge in [0.25, 0.3) is 5.91 Å². The lowest BCUT2D eigenvalue weighted by Crippen LogP contribution is -2.37. The monoisotopic (exact) mass is 337 g/mol. The van der Waals surface area contributed by atoms with E-state index in [1.165, 1.54) is 19.3 Å². The molecule has 1 heterocycles. The van der Waals surface area contributed by atoms with E-state index in [0.29, 0.717) is 18.7 Å². The molecule has 0 radical (unpaired) electrons. The number of piperidine rings is 1. The molecular formula is C21H27N3O. The molecule has 25 heavy (non-hydrogen) atoms. The standard InChI is InChI=1S/C21H27N3O/c22-16-17-4-6-18(7-5-17)19-8-10-20(11-9-19)21(25)23-12-15-24-13-2-1-3-14-24/h4-11H,1-3,12-16,22H2,(H,23,25). The van der Waals surface area contributed by atoms with Gasteiger partial charge in [-0.05, 0) is 54.8 Å². The topological polar surface area (TPSA) is 58.4 Å². The summed E-state index contributed by atoms with van der Waals surface area (Å²) in [5, 5.41) is 3.03. The highest BCUT2D eigenvalue weighted by molar-refractivity contribution is 5.94. The Morgan fingerprint density at radius 3 is 2.12 bits per heavy atom. The smallest absolute Gasteiger partial charge is 0.251 e. The van der Waals surface area contributed by atoms with Crippen LogP contribution in [0.25, 0.3) is 11.1 Å². The van der Waals surface area contributed by atoms with Crippen molar-refractivity contribution in [1.29, 1.82) is 0 Å². The number of nitrogens with zero attached hydrogens (tertiary/aromatic N) is 1. The third kappa shape index (κ3) is 4.91. The molecule has 1 amide bonds. The lowest BCUT2D eigenvalue weighted by molar-refractivity contribution is 0.0946. The maximum absolute atomic E-state index is 12.3. The number of rotatable bonds is 6. The Morgan fingerprint density at radius 1 is 0.920 bits per heavy atom. The Morgan fingerprint density at radius 2 is 1.52 bits per heavy atom. The van der Waals surface area contributed by atoms with Crippen molar-refractivity contribution in [3.63, 3.8) is 0 Å². The van der Waals surface area contributed by atoms with E-state index in [9.17, 15) is 4.79 Å². The van der Waals surface area contributed by atoms with Crippen LogP contribution in [0.3, 0.4) is 0 Å². The second kappa shape index (κ2) is 8.79. The molecule has 0 unspecified atom stereocenters. The van der Waals surface area contributed by atoms with Crippen molar-refractivity contribution in [2.75, 3.05) is 26.2 Å². The molecule has 1 aliphatic heterocycles. The third-order valence-corrected chi connectivity index (χ3v) is 4.83. The van der Waals surface area contributed by atoms with E-state index in [2.05, 4.69) is 22.3 Å². The lowest BCUT2D eigenvalue weighted by atomic mass is 10.0. The summed E-state index contributed by atoms with van der Waals surface area (Å²) in [6, 6.07) is 16.0. The third-order valence-electron chi connectivity index (χ3n) is 4.83. The minimum atomic E-state index is 0.00189. The molecule has 0 aliphatic carbocycles. The van der Waals surface area contributed by atoms with E-state index in [4.69, 9.17) is 5.73 Å². The second-order valence-corrected chi connectivity index (χ2v) is 6.64. The van der Waals surface area contributed by atoms with E-state index < -0.39 is 0 Å². The fourth-order valence-electron chi connectivity index (χ4n) is 3.26. The first-order valence-corrected chi connectivity index (χ1v) is 9.16. The van der Waals surface area contributed by atoms with Gasteiger partial charge >= 0.3 is 0 Å².